The zero-order valence-corrected chi connectivity index (χ0v) is 27.5. The lowest BCUT2D eigenvalue weighted by Gasteiger charge is -2.14. The van der Waals surface area contributed by atoms with Gasteiger partial charge in [-0.15, -0.1) is 0 Å². The van der Waals surface area contributed by atoms with Crippen LogP contribution in [-0.2, 0) is 0 Å². The van der Waals surface area contributed by atoms with E-state index in [1.807, 2.05) is 60.7 Å². The van der Waals surface area contributed by atoms with E-state index in [-0.39, 0.29) is 0 Å². The second kappa shape index (κ2) is 11.9. The quantitative estimate of drug-likeness (QED) is 0.186. The molecule has 0 aliphatic heterocycles. The van der Waals surface area contributed by atoms with E-state index in [9.17, 15) is 0 Å². The molecule has 0 unspecified atom stereocenters. The molecule has 0 fully saturated rings. The van der Waals surface area contributed by atoms with Crippen LogP contribution >= 0.6 is 0 Å². The largest absolute Gasteiger partial charge is 0.456 e. The molecule has 2 aromatic heterocycles. The Labute approximate surface area is 294 Å². The molecule has 0 aliphatic rings. The Balaban J connectivity index is 1.16. The molecule has 4 heteroatoms. The predicted octanol–water partition coefficient (Wildman–Crippen LogP) is 12.4. The first-order chi connectivity index (χ1) is 25.3. The highest BCUT2D eigenvalue weighted by Crippen LogP contribution is 2.39. The van der Waals surface area contributed by atoms with Crippen molar-refractivity contribution in [3.05, 3.63) is 176 Å². The highest BCUT2D eigenvalue weighted by molar-refractivity contribution is 6.12. The molecule has 0 radical (unpaired) electrons. The first-order valence-electron chi connectivity index (χ1n) is 17.1. The van der Waals surface area contributed by atoms with Crippen LogP contribution in [0.2, 0.25) is 0 Å². The smallest absolute Gasteiger partial charge is 0.164 e. The molecule has 51 heavy (non-hydrogen) atoms. The second-order valence-corrected chi connectivity index (χ2v) is 12.8. The molecule has 8 aromatic carbocycles. The van der Waals surface area contributed by atoms with Gasteiger partial charge in [0.25, 0.3) is 0 Å². The second-order valence-electron chi connectivity index (χ2n) is 12.8. The van der Waals surface area contributed by atoms with Gasteiger partial charge in [0.2, 0.25) is 0 Å². The molecule has 0 N–H and O–H groups in total. The number of furan rings is 1. The van der Waals surface area contributed by atoms with Crippen LogP contribution in [0.5, 0.6) is 0 Å². The van der Waals surface area contributed by atoms with E-state index in [2.05, 4.69) is 115 Å². The first kappa shape index (κ1) is 29.0. The topological polar surface area (TPSA) is 51.8 Å². The standard InChI is InChI=1S/C47H29N3O/c1-2-14-31(15-3-1)45-48-46(50-47(49-45)41-26-12-28-43-44(41)40-20-6-7-27-42(40)51-43)39-25-11-23-37-36(22-10-24-38(37)39)33-18-8-17-32(29-33)35-21-9-16-30-13-4-5-19-34(30)35/h1-29H. The lowest BCUT2D eigenvalue weighted by molar-refractivity contribution is 0.669. The highest BCUT2D eigenvalue weighted by atomic mass is 16.3. The van der Waals surface area contributed by atoms with Crippen molar-refractivity contribution < 1.29 is 4.42 Å². The number of nitrogens with zero attached hydrogens (tertiary/aromatic N) is 3. The summed E-state index contributed by atoms with van der Waals surface area (Å²) in [6, 6.07) is 61.1. The maximum atomic E-state index is 6.24. The normalized spacial score (nSPS) is 11.5. The van der Waals surface area contributed by atoms with Crippen LogP contribution in [0.25, 0.3) is 99.9 Å². The molecule has 10 aromatic rings. The molecule has 0 atom stereocenters. The van der Waals surface area contributed by atoms with Crippen LogP contribution in [0.1, 0.15) is 0 Å². The maximum absolute atomic E-state index is 6.24. The molecule has 2 heterocycles. The fourth-order valence-electron chi connectivity index (χ4n) is 7.38. The third-order valence-corrected chi connectivity index (χ3v) is 9.75. The van der Waals surface area contributed by atoms with E-state index < -0.39 is 0 Å². The fraction of sp³-hybridized carbons (Fsp3) is 0. The van der Waals surface area contributed by atoms with Crippen LogP contribution in [0.15, 0.2) is 180 Å². The zero-order valence-electron chi connectivity index (χ0n) is 27.5. The van der Waals surface area contributed by atoms with Gasteiger partial charge in [0, 0.05) is 27.5 Å². The molecular weight excluding hydrogens is 623 g/mol. The van der Waals surface area contributed by atoms with Crippen LogP contribution in [0.4, 0.5) is 0 Å². The average Bonchev–Trinajstić information content (AvgIpc) is 3.59. The molecule has 10 rings (SSSR count). The monoisotopic (exact) mass is 651 g/mol. The van der Waals surface area contributed by atoms with Crippen molar-refractivity contribution in [1.82, 2.24) is 15.0 Å². The summed E-state index contributed by atoms with van der Waals surface area (Å²) in [4.78, 5) is 15.4. The van der Waals surface area contributed by atoms with E-state index in [4.69, 9.17) is 19.4 Å². The van der Waals surface area contributed by atoms with Crippen molar-refractivity contribution in [2.45, 2.75) is 0 Å². The molecular formula is C47H29N3O. The third kappa shape index (κ3) is 4.96. The van der Waals surface area contributed by atoms with Crippen molar-refractivity contribution in [1.29, 1.82) is 0 Å². The summed E-state index contributed by atoms with van der Waals surface area (Å²) in [5, 5.41) is 6.72. The predicted molar refractivity (Wildman–Crippen MR) is 209 cm³/mol. The summed E-state index contributed by atoms with van der Waals surface area (Å²) in [6.45, 7) is 0. The summed E-state index contributed by atoms with van der Waals surface area (Å²) in [7, 11) is 0. The summed E-state index contributed by atoms with van der Waals surface area (Å²) in [6.07, 6.45) is 0. The van der Waals surface area contributed by atoms with Crippen molar-refractivity contribution in [3.8, 4) is 56.4 Å². The van der Waals surface area contributed by atoms with Gasteiger partial charge in [-0.1, -0.05) is 158 Å². The van der Waals surface area contributed by atoms with Crippen molar-refractivity contribution in [2.75, 3.05) is 0 Å². The molecule has 238 valence electrons. The lowest BCUT2D eigenvalue weighted by Crippen LogP contribution is -2.01. The fourth-order valence-corrected chi connectivity index (χ4v) is 7.38. The molecule has 0 saturated heterocycles. The van der Waals surface area contributed by atoms with Crippen LogP contribution in [-0.4, -0.2) is 15.0 Å². The Kier molecular flexibility index (Phi) is 6.78. The number of hydrogen-bond acceptors (Lipinski definition) is 4. The maximum Gasteiger partial charge on any atom is 0.164 e. The van der Waals surface area contributed by atoms with Gasteiger partial charge in [-0.25, -0.2) is 15.0 Å². The van der Waals surface area contributed by atoms with Crippen molar-refractivity contribution in [2.24, 2.45) is 0 Å². The van der Waals surface area contributed by atoms with Crippen molar-refractivity contribution >= 4 is 43.5 Å². The highest BCUT2D eigenvalue weighted by Gasteiger charge is 2.19. The summed E-state index contributed by atoms with van der Waals surface area (Å²) >= 11 is 0. The number of aromatic nitrogens is 3. The van der Waals surface area contributed by atoms with Crippen LogP contribution < -0.4 is 0 Å². The molecule has 0 amide bonds. The van der Waals surface area contributed by atoms with Gasteiger partial charge in [0.1, 0.15) is 11.2 Å². The van der Waals surface area contributed by atoms with Gasteiger partial charge in [-0.2, -0.15) is 0 Å². The number of rotatable bonds is 5. The number of para-hydroxylation sites is 1. The first-order valence-corrected chi connectivity index (χ1v) is 17.1. The Morgan fingerprint density at radius 3 is 1.63 bits per heavy atom. The van der Waals surface area contributed by atoms with E-state index in [1.54, 1.807) is 0 Å². The number of hydrogen-bond donors (Lipinski definition) is 0. The molecule has 0 saturated carbocycles. The molecule has 0 spiro atoms. The van der Waals surface area contributed by atoms with Gasteiger partial charge in [0.05, 0.1) is 0 Å². The Bertz CT molecular complexity index is 2920. The van der Waals surface area contributed by atoms with Gasteiger partial charge in [0.15, 0.2) is 17.5 Å². The van der Waals surface area contributed by atoms with Gasteiger partial charge in [-0.3, -0.25) is 0 Å². The summed E-state index contributed by atoms with van der Waals surface area (Å²) in [5.74, 6) is 1.85. The Morgan fingerprint density at radius 2 is 0.804 bits per heavy atom. The van der Waals surface area contributed by atoms with Crippen LogP contribution in [0, 0.1) is 0 Å². The van der Waals surface area contributed by atoms with E-state index >= 15 is 0 Å². The molecule has 4 nitrogen and oxygen atoms in total. The number of benzene rings is 8. The average molecular weight is 652 g/mol. The van der Waals surface area contributed by atoms with E-state index in [1.165, 1.54) is 21.9 Å². The number of fused-ring (bicyclic) bond motifs is 5. The molecule has 0 aliphatic carbocycles. The minimum absolute atomic E-state index is 0.604. The lowest BCUT2D eigenvalue weighted by atomic mass is 9.92. The SMILES string of the molecule is c1ccc(-c2nc(-c3cccc4c(-c5cccc(-c6cccc7ccccc67)c5)cccc34)nc(-c3cccc4oc5ccccc5c34)n2)cc1. The van der Waals surface area contributed by atoms with Gasteiger partial charge >= 0.3 is 0 Å². The molecule has 0 bridgehead atoms. The summed E-state index contributed by atoms with van der Waals surface area (Å²) < 4.78 is 6.24. The minimum atomic E-state index is 0.604. The minimum Gasteiger partial charge on any atom is -0.456 e. The van der Waals surface area contributed by atoms with Crippen molar-refractivity contribution in [3.63, 3.8) is 0 Å². The summed E-state index contributed by atoms with van der Waals surface area (Å²) in [5.41, 5.74) is 9.15. The van der Waals surface area contributed by atoms with Gasteiger partial charge < -0.3 is 4.42 Å². The van der Waals surface area contributed by atoms with Crippen LogP contribution in [0.3, 0.4) is 0 Å². The van der Waals surface area contributed by atoms with Gasteiger partial charge in [-0.05, 0) is 62.0 Å². The zero-order chi connectivity index (χ0) is 33.7. The van der Waals surface area contributed by atoms with E-state index in [0.717, 1.165) is 60.5 Å². The Hall–Kier alpha value is -6.91. The Morgan fingerprint density at radius 1 is 0.314 bits per heavy atom. The third-order valence-electron chi connectivity index (χ3n) is 9.75. The van der Waals surface area contributed by atoms with E-state index in [0.29, 0.717) is 17.5 Å².